The van der Waals surface area contributed by atoms with Gasteiger partial charge in [-0.25, -0.2) is 13.4 Å². The molecule has 40 heavy (non-hydrogen) atoms. The Morgan fingerprint density at radius 1 is 1.00 bits per heavy atom. The minimum absolute atomic E-state index is 0.0991. The molecule has 4 aromatic rings. The van der Waals surface area contributed by atoms with E-state index in [-0.39, 0.29) is 25.5 Å². The predicted octanol–water partition coefficient (Wildman–Crippen LogP) is 5.00. The van der Waals surface area contributed by atoms with Crippen molar-refractivity contribution in [2.45, 2.75) is 22.1 Å². The number of aryl methyl sites for hydroxylation is 1. The van der Waals surface area contributed by atoms with Gasteiger partial charge >= 0.3 is 0 Å². The molecule has 1 amide bonds. The summed E-state index contributed by atoms with van der Waals surface area (Å²) in [6.45, 7) is 1.85. The molecule has 1 fully saturated rings. The highest BCUT2D eigenvalue weighted by molar-refractivity contribution is 7.93. The molecule has 10 nitrogen and oxygen atoms in total. The van der Waals surface area contributed by atoms with E-state index < -0.39 is 44.2 Å². The van der Waals surface area contributed by atoms with Crippen molar-refractivity contribution in [1.82, 2.24) is 4.98 Å². The molecule has 5 rings (SSSR count). The van der Waals surface area contributed by atoms with E-state index in [0.717, 1.165) is 40.9 Å². The van der Waals surface area contributed by atoms with Crippen LogP contribution in [0.25, 0.3) is 0 Å². The number of aromatic nitrogens is 1. The third kappa shape index (κ3) is 4.81. The lowest BCUT2D eigenvalue weighted by Gasteiger charge is -2.25. The van der Waals surface area contributed by atoms with Crippen molar-refractivity contribution in [3.05, 3.63) is 111 Å². The van der Waals surface area contributed by atoms with Gasteiger partial charge in [0.05, 0.1) is 22.1 Å². The summed E-state index contributed by atoms with van der Waals surface area (Å²) in [7, 11) is -4.16. The van der Waals surface area contributed by atoms with Crippen LogP contribution in [0.15, 0.2) is 88.1 Å². The average Bonchev–Trinajstić information content (AvgIpc) is 3.53. The quantitative estimate of drug-likeness (QED) is 0.0954. The minimum Gasteiger partial charge on any atom is -0.293 e. The van der Waals surface area contributed by atoms with Crippen LogP contribution in [0.3, 0.4) is 0 Å². The largest absolute Gasteiger partial charge is 0.297 e. The lowest BCUT2D eigenvalue weighted by molar-refractivity contribution is -0.384. The van der Waals surface area contributed by atoms with E-state index in [1.54, 1.807) is 48.5 Å². The van der Waals surface area contributed by atoms with Gasteiger partial charge in [0.1, 0.15) is 10.1 Å². The number of Topliss-reactive ketones (excluding diaryl/α,β-unsaturated/α-hetero) is 2. The van der Waals surface area contributed by atoms with Crippen molar-refractivity contribution in [2.75, 3.05) is 4.90 Å². The van der Waals surface area contributed by atoms with E-state index in [2.05, 4.69) is 4.98 Å². The third-order valence-electron chi connectivity index (χ3n) is 6.44. The first kappa shape index (κ1) is 27.3. The fraction of sp³-hybridized carbons (Fsp3) is 0.111. The molecule has 2 atom stereocenters. The number of ketones is 2. The highest BCUT2D eigenvalue weighted by atomic mass is 35.5. The van der Waals surface area contributed by atoms with Crippen LogP contribution < -0.4 is 4.90 Å². The molecule has 2 heterocycles. The van der Waals surface area contributed by atoms with E-state index >= 15 is 0 Å². The number of hydrogen-bond donors (Lipinski definition) is 0. The van der Waals surface area contributed by atoms with E-state index in [0.29, 0.717) is 21.9 Å². The van der Waals surface area contributed by atoms with Crippen molar-refractivity contribution in [1.29, 1.82) is 0 Å². The number of sulfone groups is 1. The highest BCUT2D eigenvalue weighted by Crippen LogP contribution is 2.43. The number of anilines is 1. The van der Waals surface area contributed by atoms with Crippen molar-refractivity contribution in [3.8, 4) is 0 Å². The molecule has 0 bridgehead atoms. The standard InChI is InChI=1S/C27H18ClN3O7S2/c1-15-2-4-17(5-3-15)24(32)22-23(16-6-8-18(28)9-7-16)30(26(34)25(22)33)27-29-14-21(39-27)40(37,38)20-12-10-19(11-13-20)31(35)36/h2-14,22-23H,1H3. The van der Waals surface area contributed by atoms with Crippen LogP contribution in [-0.2, 0) is 19.4 Å². The highest BCUT2D eigenvalue weighted by Gasteiger charge is 2.53. The molecule has 202 valence electrons. The molecule has 0 spiro atoms. The molecule has 1 aliphatic rings. The van der Waals surface area contributed by atoms with Crippen LogP contribution in [0.5, 0.6) is 0 Å². The number of amides is 1. The molecule has 0 N–H and O–H groups in total. The van der Waals surface area contributed by atoms with Gasteiger partial charge < -0.3 is 0 Å². The van der Waals surface area contributed by atoms with Gasteiger partial charge in [0.15, 0.2) is 10.9 Å². The number of hydrogen-bond acceptors (Lipinski definition) is 9. The Kier molecular flexibility index (Phi) is 7.08. The van der Waals surface area contributed by atoms with E-state index in [1.807, 2.05) is 6.92 Å². The number of rotatable bonds is 7. The molecule has 2 unspecified atom stereocenters. The molecular weight excluding hydrogens is 578 g/mol. The molecule has 0 saturated carbocycles. The Labute approximate surface area is 236 Å². The number of carbonyl (C=O) groups is 3. The van der Waals surface area contributed by atoms with E-state index in [4.69, 9.17) is 11.6 Å². The van der Waals surface area contributed by atoms with Crippen LogP contribution in [0.1, 0.15) is 27.5 Å². The molecule has 0 radical (unpaired) electrons. The van der Waals surface area contributed by atoms with Crippen LogP contribution in [0.4, 0.5) is 10.8 Å². The van der Waals surface area contributed by atoms with Gasteiger partial charge in [0.25, 0.3) is 11.6 Å². The molecule has 3 aromatic carbocycles. The topological polar surface area (TPSA) is 145 Å². The Balaban J connectivity index is 1.57. The monoisotopic (exact) mass is 595 g/mol. The number of halogens is 1. The minimum atomic E-state index is -4.16. The maximum absolute atomic E-state index is 13.6. The summed E-state index contributed by atoms with van der Waals surface area (Å²) in [4.78, 5) is 55.5. The average molecular weight is 596 g/mol. The van der Waals surface area contributed by atoms with Crippen molar-refractivity contribution < 1.29 is 27.7 Å². The number of benzene rings is 3. The summed E-state index contributed by atoms with van der Waals surface area (Å²) in [6.07, 6.45) is 1.04. The zero-order valence-corrected chi connectivity index (χ0v) is 22.9. The van der Waals surface area contributed by atoms with Gasteiger partial charge in [-0.05, 0) is 36.8 Å². The van der Waals surface area contributed by atoms with Gasteiger partial charge in [-0.1, -0.05) is 64.9 Å². The molecular formula is C27H18ClN3O7S2. The van der Waals surface area contributed by atoms with Crippen molar-refractivity contribution >= 4 is 61.1 Å². The Hall–Kier alpha value is -4.26. The van der Waals surface area contributed by atoms with Gasteiger partial charge in [0, 0.05) is 22.7 Å². The summed E-state index contributed by atoms with van der Waals surface area (Å²) in [5.41, 5.74) is 1.31. The Bertz CT molecular complexity index is 1770. The van der Waals surface area contributed by atoms with Crippen molar-refractivity contribution in [3.63, 3.8) is 0 Å². The van der Waals surface area contributed by atoms with Crippen LogP contribution in [-0.4, -0.2) is 35.8 Å². The maximum atomic E-state index is 13.6. The number of thiazole rings is 1. The third-order valence-corrected chi connectivity index (χ3v) is 9.92. The van der Waals surface area contributed by atoms with Crippen molar-refractivity contribution in [2.24, 2.45) is 5.92 Å². The lowest BCUT2D eigenvalue weighted by atomic mass is 9.86. The van der Waals surface area contributed by atoms with Gasteiger partial charge in [-0.2, -0.15) is 0 Å². The second-order valence-corrected chi connectivity index (χ2v) is 12.6. The molecule has 1 aromatic heterocycles. The number of non-ortho nitro benzene ring substituents is 1. The number of carbonyl (C=O) groups excluding carboxylic acids is 3. The maximum Gasteiger partial charge on any atom is 0.297 e. The molecule has 1 aliphatic heterocycles. The lowest BCUT2D eigenvalue weighted by Crippen LogP contribution is -2.30. The second-order valence-electron chi connectivity index (χ2n) is 8.96. The van der Waals surface area contributed by atoms with Gasteiger partial charge in [-0.3, -0.25) is 29.4 Å². The smallest absolute Gasteiger partial charge is 0.293 e. The first-order chi connectivity index (χ1) is 19.0. The summed E-state index contributed by atoms with van der Waals surface area (Å²) in [5.74, 6) is -3.91. The summed E-state index contributed by atoms with van der Waals surface area (Å²) in [5, 5.41) is 11.2. The van der Waals surface area contributed by atoms with Gasteiger partial charge in [-0.15, -0.1) is 0 Å². The number of nitro benzene ring substituents is 1. The van der Waals surface area contributed by atoms with Crippen LogP contribution in [0, 0.1) is 23.0 Å². The number of nitrogens with zero attached hydrogens (tertiary/aromatic N) is 3. The first-order valence-corrected chi connectivity index (χ1v) is 14.4. The van der Waals surface area contributed by atoms with Gasteiger partial charge in [0.2, 0.25) is 15.6 Å². The fourth-order valence-corrected chi connectivity index (χ4v) is 7.07. The molecule has 13 heteroatoms. The summed E-state index contributed by atoms with van der Waals surface area (Å²) < 4.78 is 26.2. The fourth-order valence-electron chi connectivity index (χ4n) is 4.39. The van der Waals surface area contributed by atoms with E-state index in [9.17, 15) is 32.9 Å². The SMILES string of the molecule is Cc1ccc(C(=O)C2C(=O)C(=O)N(c3ncc(S(=O)(=O)c4ccc([N+](=O)[O-])cc4)s3)C2c2ccc(Cl)cc2)cc1. The Morgan fingerprint density at radius 2 is 1.62 bits per heavy atom. The predicted molar refractivity (Wildman–Crippen MR) is 146 cm³/mol. The normalized spacial score (nSPS) is 17.3. The first-order valence-electron chi connectivity index (χ1n) is 11.7. The molecule has 1 saturated heterocycles. The number of nitro groups is 1. The van der Waals surface area contributed by atoms with Crippen LogP contribution >= 0.6 is 22.9 Å². The summed E-state index contributed by atoms with van der Waals surface area (Å²) in [6, 6.07) is 16.1. The van der Waals surface area contributed by atoms with E-state index in [1.165, 1.54) is 0 Å². The van der Waals surface area contributed by atoms with Crippen LogP contribution in [0.2, 0.25) is 5.02 Å². The zero-order chi connectivity index (χ0) is 28.8. The zero-order valence-electron chi connectivity index (χ0n) is 20.6. The second kappa shape index (κ2) is 10.4. The Morgan fingerprint density at radius 3 is 2.23 bits per heavy atom. The summed E-state index contributed by atoms with van der Waals surface area (Å²) >= 11 is 6.69. The molecule has 0 aliphatic carbocycles.